The first-order valence-electron chi connectivity index (χ1n) is 8.07. The van der Waals surface area contributed by atoms with Gasteiger partial charge in [0, 0.05) is 6.54 Å². The first-order valence-corrected chi connectivity index (χ1v) is 8.07. The second kappa shape index (κ2) is 9.07. The highest BCUT2D eigenvalue weighted by molar-refractivity contribution is 5.95. The molecule has 2 N–H and O–H groups in total. The molecule has 1 atom stereocenters. The van der Waals surface area contributed by atoms with E-state index in [0.29, 0.717) is 18.9 Å². The molecule has 8 heteroatoms. The first kappa shape index (κ1) is 18.0. The molecule has 8 nitrogen and oxygen atoms in total. The third kappa shape index (κ3) is 5.69. The molecule has 1 aromatic rings. The number of nitrogens with one attached hydrogen (secondary N) is 2. The van der Waals surface area contributed by atoms with Crippen molar-refractivity contribution in [3.05, 3.63) is 24.2 Å². The highest BCUT2D eigenvalue weighted by Gasteiger charge is 2.27. The summed E-state index contributed by atoms with van der Waals surface area (Å²) in [6, 6.07) is 2.87. The van der Waals surface area contributed by atoms with Crippen LogP contribution in [0, 0.1) is 5.92 Å². The van der Waals surface area contributed by atoms with E-state index in [1.165, 1.54) is 6.26 Å². The summed E-state index contributed by atoms with van der Waals surface area (Å²) in [5.74, 6) is -0.236. The molecule has 0 bridgehead atoms. The van der Waals surface area contributed by atoms with Gasteiger partial charge >= 0.3 is 12.0 Å². The van der Waals surface area contributed by atoms with Crippen LogP contribution in [-0.2, 0) is 20.9 Å². The maximum absolute atomic E-state index is 11.9. The Kier molecular flexibility index (Phi) is 6.80. The van der Waals surface area contributed by atoms with E-state index >= 15 is 0 Å². The highest BCUT2D eigenvalue weighted by atomic mass is 16.5. The van der Waals surface area contributed by atoms with E-state index in [0.717, 1.165) is 19.4 Å². The third-order valence-electron chi connectivity index (χ3n) is 3.75. The molecule has 0 saturated carbocycles. The minimum absolute atomic E-state index is 0.0735. The quantitative estimate of drug-likeness (QED) is 0.748. The number of piperidine rings is 1. The van der Waals surface area contributed by atoms with Crippen LogP contribution in [0.2, 0.25) is 0 Å². The Labute approximate surface area is 140 Å². The zero-order chi connectivity index (χ0) is 17.4. The summed E-state index contributed by atoms with van der Waals surface area (Å²) < 4.78 is 10.1. The molecule has 1 aliphatic rings. The van der Waals surface area contributed by atoms with Crippen LogP contribution in [0.1, 0.15) is 25.5 Å². The number of urea groups is 1. The highest BCUT2D eigenvalue weighted by Crippen LogP contribution is 2.17. The predicted molar refractivity (Wildman–Crippen MR) is 84.9 cm³/mol. The fraction of sp³-hybridized carbons (Fsp3) is 0.562. The van der Waals surface area contributed by atoms with Gasteiger partial charge in [0.15, 0.2) is 0 Å². The molecule has 1 aliphatic heterocycles. The van der Waals surface area contributed by atoms with Crippen LogP contribution >= 0.6 is 0 Å². The molecule has 24 heavy (non-hydrogen) atoms. The maximum Gasteiger partial charge on any atom is 0.321 e. The van der Waals surface area contributed by atoms with Gasteiger partial charge in [-0.15, -0.1) is 0 Å². The van der Waals surface area contributed by atoms with Gasteiger partial charge in [-0.05, 0) is 38.4 Å². The fourth-order valence-electron chi connectivity index (χ4n) is 2.65. The fourth-order valence-corrected chi connectivity index (χ4v) is 2.65. The normalized spacial score (nSPS) is 18.0. The zero-order valence-corrected chi connectivity index (χ0v) is 13.7. The Hall–Kier alpha value is -2.35. The van der Waals surface area contributed by atoms with E-state index in [2.05, 4.69) is 10.6 Å². The molecule has 2 heterocycles. The molecule has 1 aromatic heterocycles. The van der Waals surface area contributed by atoms with Crippen LogP contribution in [-0.4, -0.2) is 49.0 Å². The second-order valence-corrected chi connectivity index (χ2v) is 5.64. The first-order chi connectivity index (χ1) is 11.6. The number of nitrogens with zero attached hydrogens (tertiary/aromatic N) is 1. The SMILES string of the molecule is CCOC(=O)[C@H]1CCCN(CC(=O)NC(=O)NCc2ccco2)C1. The van der Waals surface area contributed by atoms with E-state index in [1.807, 2.05) is 4.90 Å². The average molecular weight is 337 g/mol. The lowest BCUT2D eigenvalue weighted by Gasteiger charge is -2.30. The lowest BCUT2D eigenvalue weighted by molar-refractivity contribution is -0.150. The number of carbonyl (C=O) groups is 3. The van der Waals surface area contributed by atoms with E-state index in [-0.39, 0.29) is 25.0 Å². The van der Waals surface area contributed by atoms with Crippen molar-refractivity contribution in [1.82, 2.24) is 15.5 Å². The van der Waals surface area contributed by atoms with Crippen LogP contribution < -0.4 is 10.6 Å². The molecule has 132 valence electrons. The van der Waals surface area contributed by atoms with Crippen LogP contribution in [0.5, 0.6) is 0 Å². The molecule has 3 amide bonds. The number of amides is 3. The van der Waals surface area contributed by atoms with Gasteiger partial charge < -0.3 is 14.5 Å². The van der Waals surface area contributed by atoms with E-state index in [9.17, 15) is 14.4 Å². The van der Waals surface area contributed by atoms with Crippen molar-refractivity contribution in [2.75, 3.05) is 26.2 Å². The monoisotopic (exact) mass is 337 g/mol. The molecule has 0 aromatic carbocycles. The number of hydrogen-bond acceptors (Lipinski definition) is 6. The lowest BCUT2D eigenvalue weighted by Crippen LogP contribution is -2.47. The maximum atomic E-state index is 11.9. The van der Waals surface area contributed by atoms with Gasteiger partial charge in [0.25, 0.3) is 0 Å². The van der Waals surface area contributed by atoms with E-state index in [1.54, 1.807) is 19.1 Å². The standard InChI is InChI=1S/C16H23N3O5/c1-2-23-15(21)12-5-3-7-19(10-12)11-14(20)18-16(22)17-9-13-6-4-8-24-13/h4,6,8,12H,2-3,5,7,9-11H2,1H3,(H2,17,18,20,22)/t12-/m0/s1. The number of hydrogen-bond donors (Lipinski definition) is 2. The molecule has 1 saturated heterocycles. The number of furan rings is 1. The predicted octanol–water partition coefficient (Wildman–Crippen LogP) is 0.881. The minimum Gasteiger partial charge on any atom is -0.467 e. The van der Waals surface area contributed by atoms with E-state index < -0.39 is 11.9 Å². The summed E-state index contributed by atoms with van der Waals surface area (Å²) in [5.41, 5.74) is 0. The Morgan fingerprint density at radius 3 is 2.96 bits per heavy atom. The van der Waals surface area contributed by atoms with Gasteiger partial charge in [0.2, 0.25) is 5.91 Å². The Bertz CT molecular complexity index is 558. The zero-order valence-electron chi connectivity index (χ0n) is 13.7. The van der Waals surface area contributed by atoms with Gasteiger partial charge in [-0.3, -0.25) is 19.8 Å². The number of likely N-dealkylation sites (tertiary alicyclic amines) is 1. The van der Waals surface area contributed by atoms with Gasteiger partial charge in [0.1, 0.15) is 5.76 Å². The second-order valence-electron chi connectivity index (χ2n) is 5.64. The van der Waals surface area contributed by atoms with Crippen molar-refractivity contribution in [2.24, 2.45) is 5.92 Å². The summed E-state index contributed by atoms with van der Waals surface area (Å²) in [7, 11) is 0. The molecule has 0 spiro atoms. The number of ether oxygens (including phenoxy) is 1. The molecule has 0 aliphatic carbocycles. The van der Waals surface area contributed by atoms with Crippen molar-refractivity contribution < 1.29 is 23.5 Å². The Balaban J connectivity index is 1.71. The minimum atomic E-state index is -0.574. The van der Waals surface area contributed by atoms with Crippen molar-refractivity contribution in [3.63, 3.8) is 0 Å². The summed E-state index contributed by atoms with van der Waals surface area (Å²) in [6.45, 7) is 3.60. The largest absolute Gasteiger partial charge is 0.467 e. The van der Waals surface area contributed by atoms with Crippen molar-refractivity contribution in [2.45, 2.75) is 26.3 Å². The number of esters is 1. The average Bonchev–Trinajstić information content (AvgIpc) is 3.07. The van der Waals surface area contributed by atoms with Crippen LogP contribution in [0.25, 0.3) is 0 Å². The number of carbonyl (C=O) groups excluding carboxylic acids is 3. The third-order valence-corrected chi connectivity index (χ3v) is 3.75. The summed E-state index contributed by atoms with van der Waals surface area (Å²) >= 11 is 0. The van der Waals surface area contributed by atoms with E-state index in [4.69, 9.17) is 9.15 Å². The van der Waals surface area contributed by atoms with Crippen LogP contribution in [0.3, 0.4) is 0 Å². The Morgan fingerprint density at radius 2 is 2.25 bits per heavy atom. The van der Waals surface area contributed by atoms with Gasteiger partial charge in [0.05, 0.1) is 31.9 Å². The van der Waals surface area contributed by atoms with Gasteiger partial charge in [-0.2, -0.15) is 0 Å². The molecule has 0 unspecified atom stereocenters. The van der Waals surface area contributed by atoms with Crippen molar-refractivity contribution in [3.8, 4) is 0 Å². The topological polar surface area (TPSA) is 101 Å². The number of imide groups is 1. The summed E-state index contributed by atoms with van der Waals surface area (Å²) in [6.07, 6.45) is 3.10. The molecular weight excluding hydrogens is 314 g/mol. The van der Waals surface area contributed by atoms with Gasteiger partial charge in [-0.25, -0.2) is 4.79 Å². The Morgan fingerprint density at radius 1 is 1.42 bits per heavy atom. The van der Waals surface area contributed by atoms with Crippen molar-refractivity contribution >= 4 is 17.9 Å². The molecule has 1 fully saturated rings. The lowest BCUT2D eigenvalue weighted by atomic mass is 9.98. The summed E-state index contributed by atoms with van der Waals surface area (Å²) in [4.78, 5) is 37.2. The van der Waals surface area contributed by atoms with Crippen LogP contribution in [0.4, 0.5) is 4.79 Å². The smallest absolute Gasteiger partial charge is 0.321 e. The van der Waals surface area contributed by atoms with Crippen LogP contribution in [0.15, 0.2) is 22.8 Å². The molecule has 0 radical (unpaired) electrons. The number of rotatable bonds is 6. The van der Waals surface area contributed by atoms with Crippen molar-refractivity contribution in [1.29, 1.82) is 0 Å². The summed E-state index contributed by atoms with van der Waals surface area (Å²) in [5, 5.41) is 4.81. The molecular formula is C16H23N3O5. The van der Waals surface area contributed by atoms with Gasteiger partial charge in [-0.1, -0.05) is 0 Å². The molecule has 2 rings (SSSR count).